The molecule has 6 heteroatoms. The van der Waals surface area contributed by atoms with E-state index >= 15 is 0 Å². The molecule has 1 N–H and O–H groups in total. The zero-order valence-corrected chi connectivity index (χ0v) is 17.2. The molecule has 2 aromatic heterocycles. The zero-order chi connectivity index (χ0) is 19.8. The van der Waals surface area contributed by atoms with Crippen molar-refractivity contribution in [2.75, 3.05) is 16.8 Å². The second kappa shape index (κ2) is 7.19. The maximum Gasteiger partial charge on any atom is 0.229 e. The van der Waals surface area contributed by atoms with Gasteiger partial charge < -0.3 is 10.2 Å². The number of anilines is 3. The number of benzene rings is 1. The molecule has 0 saturated carbocycles. The Kier molecular flexibility index (Phi) is 4.71. The van der Waals surface area contributed by atoms with E-state index in [4.69, 9.17) is 9.97 Å². The van der Waals surface area contributed by atoms with Crippen molar-refractivity contribution in [2.45, 2.75) is 47.6 Å². The highest BCUT2D eigenvalue weighted by Crippen LogP contribution is 2.32. The summed E-state index contributed by atoms with van der Waals surface area (Å²) in [6.45, 7) is 12.0. The fourth-order valence-electron chi connectivity index (χ4n) is 3.88. The highest BCUT2D eigenvalue weighted by molar-refractivity contribution is 5.66. The summed E-state index contributed by atoms with van der Waals surface area (Å²) in [5.74, 6) is 1.65. The molecule has 1 aromatic carbocycles. The molecule has 0 radical (unpaired) electrons. The van der Waals surface area contributed by atoms with Crippen LogP contribution in [0.2, 0.25) is 0 Å². The molecule has 0 amide bonds. The number of aromatic nitrogens is 4. The number of nitrogens with zero attached hydrogens (tertiary/aromatic N) is 5. The molecule has 0 aliphatic carbocycles. The van der Waals surface area contributed by atoms with E-state index < -0.39 is 0 Å². The fourth-order valence-corrected chi connectivity index (χ4v) is 3.88. The molecule has 4 rings (SSSR count). The Morgan fingerprint density at radius 2 is 1.71 bits per heavy atom. The van der Waals surface area contributed by atoms with Gasteiger partial charge in [-0.15, -0.1) is 0 Å². The Bertz CT molecular complexity index is 1000. The number of hydrogen-bond acceptors (Lipinski definition) is 6. The topological polar surface area (TPSA) is 66.8 Å². The molecular weight excluding hydrogens is 348 g/mol. The number of aryl methyl sites for hydroxylation is 5. The van der Waals surface area contributed by atoms with Crippen LogP contribution in [0.15, 0.2) is 24.5 Å². The van der Waals surface area contributed by atoms with Crippen LogP contribution in [0.4, 0.5) is 17.5 Å². The lowest BCUT2D eigenvalue weighted by Gasteiger charge is -2.19. The predicted molar refractivity (Wildman–Crippen MR) is 112 cm³/mol. The van der Waals surface area contributed by atoms with Crippen LogP contribution in [0.3, 0.4) is 0 Å². The van der Waals surface area contributed by atoms with E-state index in [9.17, 15) is 0 Å². The van der Waals surface area contributed by atoms with E-state index in [1.54, 1.807) is 0 Å². The first-order valence-electron chi connectivity index (χ1n) is 9.65. The van der Waals surface area contributed by atoms with Crippen LogP contribution < -0.4 is 10.2 Å². The van der Waals surface area contributed by atoms with E-state index in [-0.39, 0.29) is 0 Å². The minimum absolute atomic E-state index is 0.646. The average molecular weight is 374 g/mol. The van der Waals surface area contributed by atoms with Crippen molar-refractivity contribution in [3.63, 3.8) is 0 Å². The third-order valence-corrected chi connectivity index (χ3v) is 5.22. The van der Waals surface area contributed by atoms with E-state index in [1.165, 1.54) is 22.3 Å². The van der Waals surface area contributed by atoms with Gasteiger partial charge in [0.25, 0.3) is 0 Å². The van der Waals surface area contributed by atoms with Crippen molar-refractivity contribution in [2.24, 2.45) is 0 Å². The van der Waals surface area contributed by atoms with Gasteiger partial charge in [-0.2, -0.15) is 4.98 Å². The number of fused-ring (bicyclic) bond motifs is 1. The summed E-state index contributed by atoms with van der Waals surface area (Å²) in [5.41, 5.74) is 8.89. The normalized spacial score (nSPS) is 13.0. The standard InChI is InChI=1S/C22H26N6/c1-13-8-14(2)20(15(3)9-13)26-22-25-17(5)19-6-7-28(21(19)27-22)12-18-11-23-16(4)10-24-18/h8-11H,6-7,12H2,1-5H3,(H,25,26,27). The van der Waals surface area contributed by atoms with Crippen LogP contribution in [0.25, 0.3) is 0 Å². The van der Waals surface area contributed by atoms with Crippen LogP contribution in [0.1, 0.15) is 39.3 Å². The molecule has 3 aromatic rings. The smallest absolute Gasteiger partial charge is 0.229 e. The third-order valence-electron chi connectivity index (χ3n) is 5.22. The van der Waals surface area contributed by atoms with Crippen LogP contribution >= 0.6 is 0 Å². The Hall–Kier alpha value is -3.02. The van der Waals surface area contributed by atoms with Crippen LogP contribution in [0.5, 0.6) is 0 Å². The zero-order valence-electron chi connectivity index (χ0n) is 17.2. The van der Waals surface area contributed by atoms with Gasteiger partial charge in [0.05, 0.1) is 24.1 Å². The molecule has 0 bridgehead atoms. The minimum Gasteiger partial charge on any atom is -0.350 e. The molecule has 0 unspecified atom stereocenters. The van der Waals surface area contributed by atoms with Crippen LogP contribution in [0, 0.1) is 34.6 Å². The van der Waals surface area contributed by atoms with E-state index in [2.05, 4.69) is 60.0 Å². The van der Waals surface area contributed by atoms with E-state index in [1.807, 2.05) is 19.3 Å². The van der Waals surface area contributed by atoms with Gasteiger partial charge in [0.1, 0.15) is 5.82 Å². The second-order valence-corrected chi connectivity index (χ2v) is 7.65. The van der Waals surface area contributed by atoms with Gasteiger partial charge in [0.2, 0.25) is 5.95 Å². The largest absolute Gasteiger partial charge is 0.350 e. The van der Waals surface area contributed by atoms with Gasteiger partial charge in [-0.1, -0.05) is 17.7 Å². The van der Waals surface area contributed by atoms with Gasteiger partial charge in [-0.05, 0) is 52.2 Å². The number of nitrogens with one attached hydrogen (secondary N) is 1. The Morgan fingerprint density at radius 3 is 2.39 bits per heavy atom. The minimum atomic E-state index is 0.646. The monoisotopic (exact) mass is 374 g/mol. The highest BCUT2D eigenvalue weighted by Gasteiger charge is 2.25. The quantitative estimate of drug-likeness (QED) is 0.741. The predicted octanol–water partition coefficient (Wildman–Crippen LogP) is 4.12. The van der Waals surface area contributed by atoms with Crippen molar-refractivity contribution in [1.29, 1.82) is 0 Å². The summed E-state index contributed by atoms with van der Waals surface area (Å²) in [5, 5.41) is 3.45. The summed E-state index contributed by atoms with van der Waals surface area (Å²) in [4.78, 5) is 20.7. The van der Waals surface area contributed by atoms with Gasteiger partial charge in [-0.25, -0.2) is 4.98 Å². The summed E-state index contributed by atoms with van der Waals surface area (Å²) in [7, 11) is 0. The SMILES string of the molecule is Cc1cc(C)c(Nc2nc(C)c3c(n2)N(Cc2cnc(C)cn2)CC3)c(C)c1. The summed E-state index contributed by atoms with van der Waals surface area (Å²) < 4.78 is 0. The molecule has 0 fully saturated rings. The average Bonchev–Trinajstić information content (AvgIpc) is 3.03. The molecule has 0 saturated heterocycles. The number of rotatable bonds is 4. The van der Waals surface area contributed by atoms with Crippen molar-refractivity contribution >= 4 is 17.5 Å². The van der Waals surface area contributed by atoms with Crippen LogP contribution in [-0.2, 0) is 13.0 Å². The van der Waals surface area contributed by atoms with Crippen molar-refractivity contribution < 1.29 is 0 Å². The first-order valence-corrected chi connectivity index (χ1v) is 9.65. The fraction of sp³-hybridized carbons (Fsp3) is 0.364. The molecule has 0 spiro atoms. The maximum atomic E-state index is 4.86. The molecule has 1 aliphatic rings. The summed E-state index contributed by atoms with van der Waals surface area (Å²) >= 11 is 0. The molecule has 3 heterocycles. The van der Waals surface area contributed by atoms with Gasteiger partial charge in [-0.3, -0.25) is 9.97 Å². The Balaban J connectivity index is 1.64. The summed E-state index contributed by atoms with van der Waals surface area (Å²) in [6.07, 6.45) is 4.62. The lowest BCUT2D eigenvalue weighted by atomic mass is 10.1. The Labute approximate surface area is 166 Å². The Morgan fingerprint density at radius 1 is 0.964 bits per heavy atom. The van der Waals surface area contributed by atoms with Crippen LogP contribution in [-0.4, -0.2) is 26.5 Å². The summed E-state index contributed by atoms with van der Waals surface area (Å²) in [6, 6.07) is 4.36. The first kappa shape index (κ1) is 18.3. The van der Waals surface area contributed by atoms with E-state index in [0.29, 0.717) is 12.5 Å². The molecule has 6 nitrogen and oxygen atoms in total. The van der Waals surface area contributed by atoms with Gasteiger partial charge >= 0.3 is 0 Å². The highest BCUT2D eigenvalue weighted by atomic mass is 15.3. The second-order valence-electron chi connectivity index (χ2n) is 7.65. The lowest BCUT2D eigenvalue weighted by molar-refractivity contribution is 0.797. The molecular formula is C22H26N6. The molecule has 28 heavy (non-hydrogen) atoms. The number of hydrogen-bond donors (Lipinski definition) is 1. The maximum absolute atomic E-state index is 4.86. The van der Waals surface area contributed by atoms with Crippen molar-refractivity contribution in [3.8, 4) is 0 Å². The van der Waals surface area contributed by atoms with Gasteiger partial charge in [0.15, 0.2) is 0 Å². The molecule has 0 atom stereocenters. The van der Waals surface area contributed by atoms with Crippen molar-refractivity contribution in [1.82, 2.24) is 19.9 Å². The van der Waals surface area contributed by atoms with E-state index in [0.717, 1.165) is 41.6 Å². The molecule has 1 aliphatic heterocycles. The van der Waals surface area contributed by atoms with Gasteiger partial charge in [0, 0.05) is 29.7 Å². The molecule has 144 valence electrons. The first-order chi connectivity index (χ1) is 13.4. The lowest BCUT2D eigenvalue weighted by Crippen LogP contribution is -2.21. The van der Waals surface area contributed by atoms with Crippen molar-refractivity contribution in [3.05, 3.63) is 63.9 Å². The third kappa shape index (κ3) is 3.54.